The summed E-state index contributed by atoms with van der Waals surface area (Å²) in [5, 5.41) is 0.674. The van der Waals surface area contributed by atoms with E-state index in [1.165, 1.54) is 4.90 Å². The van der Waals surface area contributed by atoms with E-state index in [1.807, 2.05) is 13.8 Å². The van der Waals surface area contributed by atoms with Gasteiger partial charge in [0.05, 0.1) is 5.39 Å². The van der Waals surface area contributed by atoms with Crippen LogP contribution in [0.1, 0.15) is 29.5 Å². The van der Waals surface area contributed by atoms with Gasteiger partial charge in [0, 0.05) is 12.1 Å². The van der Waals surface area contributed by atoms with Gasteiger partial charge < -0.3 is 19.8 Å². The van der Waals surface area contributed by atoms with E-state index >= 15 is 0 Å². The largest absolute Gasteiger partial charge is 0.483 e. The Morgan fingerprint density at radius 2 is 2.00 bits per heavy atom. The Bertz CT molecular complexity index is 947. The lowest BCUT2D eigenvalue weighted by atomic mass is 10.0. The molecule has 3 rings (SSSR count). The zero-order chi connectivity index (χ0) is 19.0. The van der Waals surface area contributed by atoms with Gasteiger partial charge in [0.1, 0.15) is 17.4 Å². The number of hydrogen-bond acceptors (Lipinski definition) is 5. The molecule has 1 aromatic heterocycles. The van der Waals surface area contributed by atoms with Crippen LogP contribution in [0.3, 0.4) is 0 Å². The Morgan fingerprint density at radius 3 is 2.69 bits per heavy atom. The summed E-state index contributed by atoms with van der Waals surface area (Å²) in [5.74, 6) is -0.301. The van der Waals surface area contributed by atoms with Crippen LogP contribution < -0.4 is 16.1 Å². The number of nitrogens with two attached hydrogens (primary N) is 1. The molecule has 1 aliphatic rings. The van der Waals surface area contributed by atoms with Gasteiger partial charge in [-0.1, -0.05) is 0 Å². The molecule has 2 amide bonds. The Kier molecular flexibility index (Phi) is 4.71. The number of carbonyl (C=O) groups excluding carboxylic acids is 2. The van der Waals surface area contributed by atoms with Gasteiger partial charge >= 0.3 is 5.63 Å². The minimum Gasteiger partial charge on any atom is -0.483 e. The van der Waals surface area contributed by atoms with Crippen molar-refractivity contribution in [3.63, 3.8) is 0 Å². The van der Waals surface area contributed by atoms with E-state index in [9.17, 15) is 14.4 Å². The molecule has 1 aliphatic heterocycles. The number of fused-ring (bicyclic) bond motifs is 1. The van der Waals surface area contributed by atoms with Gasteiger partial charge in [0.25, 0.3) is 5.91 Å². The van der Waals surface area contributed by atoms with Crippen LogP contribution in [-0.2, 0) is 9.59 Å². The fraction of sp³-hybridized carbons (Fsp3) is 0.421. The van der Waals surface area contributed by atoms with E-state index in [2.05, 4.69) is 0 Å². The lowest BCUT2D eigenvalue weighted by Crippen LogP contribution is -2.45. The summed E-state index contributed by atoms with van der Waals surface area (Å²) in [7, 11) is 0. The van der Waals surface area contributed by atoms with Crippen molar-refractivity contribution in [2.75, 3.05) is 13.2 Å². The third-order valence-electron chi connectivity index (χ3n) is 4.91. The van der Waals surface area contributed by atoms with Crippen LogP contribution in [0.25, 0.3) is 11.0 Å². The average molecular weight is 358 g/mol. The lowest BCUT2D eigenvalue weighted by molar-refractivity contribution is -0.138. The van der Waals surface area contributed by atoms with Crippen molar-refractivity contribution in [2.45, 2.75) is 39.7 Å². The van der Waals surface area contributed by atoms with Crippen LogP contribution >= 0.6 is 0 Å². The van der Waals surface area contributed by atoms with Gasteiger partial charge in [-0.05, 0) is 56.9 Å². The SMILES string of the molecule is Cc1cc(OCC(=O)N2CCCC2C(N)=O)c2c(C)c(C)c(=O)oc2c1. The van der Waals surface area contributed by atoms with E-state index in [-0.39, 0.29) is 18.1 Å². The van der Waals surface area contributed by atoms with E-state index in [0.717, 1.165) is 17.5 Å². The molecule has 26 heavy (non-hydrogen) atoms. The summed E-state index contributed by atoms with van der Waals surface area (Å²) in [5.41, 5.74) is 7.52. The molecule has 1 saturated heterocycles. The topological polar surface area (TPSA) is 103 Å². The molecule has 1 unspecified atom stereocenters. The molecule has 0 spiro atoms. The standard InChI is InChI=1S/C19H22N2O5/c1-10-7-14(17-11(2)12(3)19(24)26-15(17)8-10)25-9-16(22)21-6-4-5-13(21)18(20)23/h7-8,13H,4-6,9H2,1-3H3,(H2,20,23). The van der Waals surface area contributed by atoms with E-state index in [4.69, 9.17) is 14.9 Å². The number of likely N-dealkylation sites (tertiary alicyclic amines) is 1. The molecule has 138 valence electrons. The molecule has 1 fully saturated rings. The number of rotatable bonds is 4. The van der Waals surface area contributed by atoms with Crippen molar-refractivity contribution in [3.8, 4) is 5.75 Å². The van der Waals surface area contributed by atoms with Crippen molar-refractivity contribution < 1.29 is 18.7 Å². The molecule has 7 nitrogen and oxygen atoms in total. The zero-order valence-corrected chi connectivity index (χ0v) is 15.1. The predicted octanol–water partition coefficient (Wildman–Crippen LogP) is 1.57. The number of hydrogen-bond donors (Lipinski definition) is 1. The highest BCUT2D eigenvalue weighted by Gasteiger charge is 2.32. The number of benzene rings is 1. The molecule has 2 aromatic rings. The minimum absolute atomic E-state index is 0.208. The molecule has 0 saturated carbocycles. The smallest absolute Gasteiger partial charge is 0.339 e. The number of aryl methyl sites for hydroxylation is 2. The van der Waals surface area contributed by atoms with Crippen LogP contribution in [0, 0.1) is 20.8 Å². The molecule has 7 heteroatoms. The number of nitrogens with zero attached hydrogens (tertiary/aromatic N) is 1. The Labute approximate surface area is 150 Å². The highest BCUT2D eigenvalue weighted by atomic mass is 16.5. The first-order valence-corrected chi connectivity index (χ1v) is 8.56. The second kappa shape index (κ2) is 6.82. The first kappa shape index (κ1) is 18.0. The quantitative estimate of drug-likeness (QED) is 0.836. The maximum Gasteiger partial charge on any atom is 0.339 e. The van der Waals surface area contributed by atoms with Crippen LogP contribution in [0.15, 0.2) is 21.3 Å². The van der Waals surface area contributed by atoms with E-state index in [1.54, 1.807) is 19.1 Å². The van der Waals surface area contributed by atoms with Crippen LogP contribution in [0.5, 0.6) is 5.75 Å². The second-order valence-electron chi connectivity index (χ2n) is 6.71. The van der Waals surface area contributed by atoms with E-state index in [0.29, 0.717) is 35.2 Å². The molecule has 0 bridgehead atoms. The highest BCUT2D eigenvalue weighted by Crippen LogP contribution is 2.31. The van der Waals surface area contributed by atoms with Gasteiger partial charge in [-0.2, -0.15) is 0 Å². The number of ether oxygens (including phenoxy) is 1. The fourth-order valence-electron chi connectivity index (χ4n) is 3.39. The first-order chi connectivity index (χ1) is 12.3. The first-order valence-electron chi connectivity index (χ1n) is 8.56. The van der Waals surface area contributed by atoms with Gasteiger partial charge in [0.2, 0.25) is 5.91 Å². The van der Waals surface area contributed by atoms with Crippen molar-refractivity contribution in [2.24, 2.45) is 5.73 Å². The lowest BCUT2D eigenvalue weighted by Gasteiger charge is -2.22. The van der Waals surface area contributed by atoms with Crippen LogP contribution in [0.2, 0.25) is 0 Å². The van der Waals surface area contributed by atoms with Gasteiger partial charge in [-0.25, -0.2) is 4.79 Å². The second-order valence-corrected chi connectivity index (χ2v) is 6.71. The van der Waals surface area contributed by atoms with Crippen molar-refractivity contribution >= 4 is 22.8 Å². The zero-order valence-electron chi connectivity index (χ0n) is 15.1. The molecule has 0 radical (unpaired) electrons. The van der Waals surface area contributed by atoms with Crippen molar-refractivity contribution in [1.82, 2.24) is 4.90 Å². The van der Waals surface area contributed by atoms with Gasteiger partial charge in [-0.15, -0.1) is 0 Å². The van der Waals surface area contributed by atoms with E-state index < -0.39 is 11.9 Å². The molecule has 2 N–H and O–H groups in total. The highest BCUT2D eigenvalue weighted by molar-refractivity contribution is 5.90. The molecule has 2 heterocycles. The minimum atomic E-state index is -0.567. The summed E-state index contributed by atoms with van der Waals surface area (Å²) in [6.45, 7) is 5.66. The molecule has 1 aromatic carbocycles. The normalized spacial score (nSPS) is 16.9. The predicted molar refractivity (Wildman–Crippen MR) is 96.1 cm³/mol. The fourth-order valence-corrected chi connectivity index (χ4v) is 3.39. The summed E-state index contributed by atoms with van der Waals surface area (Å²) < 4.78 is 11.1. The molecule has 1 atom stereocenters. The number of primary amides is 1. The van der Waals surface area contributed by atoms with Gasteiger partial charge in [-0.3, -0.25) is 9.59 Å². The van der Waals surface area contributed by atoms with Crippen LogP contribution in [-0.4, -0.2) is 35.9 Å². The number of carbonyl (C=O) groups is 2. The van der Waals surface area contributed by atoms with Gasteiger partial charge in [0.15, 0.2) is 6.61 Å². The Balaban J connectivity index is 1.89. The third kappa shape index (κ3) is 3.16. The summed E-state index contributed by atoms with van der Waals surface area (Å²) in [4.78, 5) is 37.3. The molecule has 0 aliphatic carbocycles. The summed E-state index contributed by atoms with van der Waals surface area (Å²) in [6, 6.07) is 3.00. The average Bonchev–Trinajstić information content (AvgIpc) is 3.07. The number of amides is 2. The monoisotopic (exact) mass is 358 g/mol. The molecular formula is C19H22N2O5. The Hall–Kier alpha value is -2.83. The molecular weight excluding hydrogens is 336 g/mol. The van der Waals surface area contributed by atoms with Crippen molar-refractivity contribution in [3.05, 3.63) is 39.2 Å². The maximum atomic E-state index is 12.5. The van der Waals surface area contributed by atoms with Crippen molar-refractivity contribution in [1.29, 1.82) is 0 Å². The summed E-state index contributed by atoms with van der Waals surface area (Å²) in [6.07, 6.45) is 1.33. The maximum absolute atomic E-state index is 12.5. The summed E-state index contributed by atoms with van der Waals surface area (Å²) >= 11 is 0. The Morgan fingerprint density at radius 1 is 1.27 bits per heavy atom. The van der Waals surface area contributed by atoms with Crippen LogP contribution in [0.4, 0.5) is 0 Å². The third-order valence-corrected chi connectivity index (χ3v) is 4.91.